The van der Waals surface area contributed by atoms with Crippen LogP contribution in [-0.2, 0) is 18.6 Å². The zero-order valence-electron chi connectivity index (χ0n) is 14.9. The molecule has 2 aliphatic carbocycles. The van der Waals surface area contributed by atoms with Gasteiger partial charge in [0.25, 0.3) is 0 Å². The standard InChI is InChI=1S/C20H19N5S2/c1-2-7-15-14(6-1)16-18-23-24-20(26-11-13-5-3-4-10-21-13)25(18)17(12-8-9-12)22-19(16)27-15/h3-5,10,12H,1-2,6-9,11H2. The van der Waals surface area contributed by atoms with E-state index in [4.69, 9.17) is 4.98 Å². The summed E-state index contributed by atoms with van der Waals surface area (Å²) in [5, 5.41) is 11.4. The highest BCUT2D eigenvalue weighted by Gasteiger charge is 2.31. The largest absolute Gasteiger partial charge is 0.260 e. The van der Waals surface area contributed by atoms with Crippen LogP contribution in [-0.4, -0.2) is 24.6 Å². The van der Waals surface area contributed by atoms with Gasteiger partial charge in [0.15, 0.2) is 10.8 Å². The molecule has 0 radical (unpaired) electrons. The molecule has 0 N–H and O–H groups in total. The van der Waals surface area contributed by atoms with Gasteiger partial charge in [-0.1, -0.05) is 17.8 Å². The Hall–Kier alpha value is -1.99. The van der Waals surface area contributed by atoms with E-state index < -0.39 is 0 Å². The van der Waals surface area contributed by atoms with Crippen molar-refractivity contribution >= 4 is 39.0 Å². The third-order valence-corrected chi connectivity index (χ3v) is 7.62. The molecule has 4 aromatic rings. The van der Waals surface area contributed by atoms with Crippen LogP contribution in [0.3, 0.4) is 0 Å². The SMILES string of the molecule is c1ccc(CSc2nnc3c4c5c(sc4nc(C4CC4)n23)CCCC5)nc1. The summed E-state index contributed by atoms with van der Waals surface area (Å²) in [4.78, 5) is 12.3. The van der Waals surface area contributed by atoms with Gasteiger partial charge in [-0.25, -0.2) is 4.98 Å². The van der Waals surface area contributed by atoms with Gasteiger partial charge >= 0.3 is 0 Å². The molecule has 0 bridgehead atoms. The van der Waals surface area contributed by atoms with Crippen LogP contribution in [0.2, 0.25) is 0 Å². The fourth-order valence-corrected chi connectivity index (χ4v) is 6.10. The molecular weight excluding hydrogens is 374 g/mol. The van der Waals surface area contributed by atoms with Gasteiger partial charge in [-0.2, -0.15) is 0 Å². The molecule has 0 atom stereocenters. The van der Waals surface area contributed by atoms with Crippen LogP contribution in [0.1, 0.15) is 53.6 Å². The number of fused-ring (bicyclic) bond motifs is 5. The third-order valence-electron chi connectivity index (χ3n) is 5.47. The molecule has 4 aromatic heterocycles. The number of aryl methyl sites for hydroxylation is 2. The van der Waals surface area contributed by atoms with Crippen LogP contribution in [0.15, 0.2) is 29.6 Å². The lowest BCUT2D eigenvalue weighted by Gasteiger charge is -2.11. The molecule has 136 valence electrons. The van der Waals surface area contributed by atoms with E-state index in [1.807, 2.05) is 29.7 Å². The topological polar surface area (TPSA) is 56.0 Å². The summed E-state index contributed by atoms with van der Waals surface area (Å²) < 4.78 is 2.25. The number of nitrogens with zero attached hydrogens (tertiary/aromatic N) is 5. The van der Waals surface area contributed by atoms with E-state index in [9.17, 15) is 0 Å². The summed E-state index contributed by atoms with van der Waals surface area (Å²) >= 11 is 3.59. The molecule has 2 aliphatic rings. The molecule has 0 unspecified atom stereocenters. The van der Waals surface area contributed by atoms with Crippen molar-refractivity contribution in [3.8, 4) is 0 Å². The monoisotopic (exact) mass is 393 g/mol. The second-order valence-electron chi connectivity index (χ2n) is 7.39. The van der Waals surface area contributed by atoms with Crippen molar-refractivity contribution in [2.75, 3.05) is 0 Å². The number of thioether (sulfide) groups is 1. The van der Waals surface area contributed by atoms with E-state index in [1.165, 1.54) is 52.8 Å². The van der Waals surface area contributed by atoms with Crippen LogP contribution in [0, 0.1) is 0 Å². The highest BCUT2D eigenvalue weighted by molar-refractivity contribution is 7.98. The first-order valence-electron chi connectivity index (χ1n) is 9.60. The van der Waals surface area contributed by atoms with Gasteiger partial charge in [0.05, 0.1) is 11.1 Å². The molecule has 0 amide bonds. The minimum absolute atomic E-state index is 0.557. The van der Waals surface area contributed by atoms with Crippen LogP contribution in [0.4, 0.5) is 0 Å². The minimum Gasteiger partial charge on any atom is -0.260 e. The number of hydrogen-bond donors (Lipinski definition) is 0. The maximum Gasteiger partial charge on any atom is 0.197 e. The number of thiophene rings is 1. The van der Waals surface area contributed by atoms with Gasteiger partial charge in [-0.15, -0.1) is 21.5 Å². The Morgan fingerprint density at radius 3 is 2.93 bits per heavy atom. The highest BCUT2D eigenvalue weighted by atomic mass is 32.2. The van der Waals surface area contributed by atoms with Crippen molar-refractivity contribution in [3.05, 3.63) is 46.4 Å². The summed E-state index contributed by atoms with van der Waals surface area (Å²) in [6, 6.07) is 6.04. The maximum absolute atomic E-state index is 5.13. The molecule has 1 fully saturated rings. The van der Waals surface area contributed by atoms with E-state index in [1.54, 1.807) is 11.8 Å². The van der Waals surface area contributed by atoms with Crippen LogP contribution in [0.25, 0.3) is 15.9 Å². The maximum atomic E-state index is 5.13. The minimum atomic E-state index is 0.557. The number of hydrogen-bond acceptors (Lipinski definition) is 6. The van der Waals surface area contributed by atoms with Crippen molar-refractivity contribution in [2.24, 2.45) is 0 Å². The summed E-state index contributed by atoms with van der Waals surface area (Å²) in [6.07, 6.45) is 9.20. The van der Waals surface area contributed by atoms with Gasteiger partial charge in [0.1, 0.15) is 10.7 Å². The van der Waals surface area contributed by atoms with Gasteiger partial charge < -0.3 is 0 Å². The first-order chi connectivity index (χ1) is 13.4. The summed E-state index contributed by atoms with van der Waals surface area (Å²) in [5.74, 6) is 2.51. The Bertz CT molecular complexity index is 1140. The summed E-state index contributed by atoms with van der Waals surface area (Å²) in [5.41, 5.74) is 3.56. The van der Waals surface area contributed by atoms with Crippen molar-refractivity contribution in [2.45, 2.75) is 55.4 Å². The van der Waals surface area contributed by atoms with Crippen LogP contribution in [0.5, 0.6) is 0 Å². The van der Waals surface area contributed by atoms with Gasteiger partial charge in [-0.3, -0.25) is 9.38 Å². The molecule has 7 heteroatoms. The Kier molecular flexibility index (Phi) is 3.72. The van der Waals surface area contributed by atoms with Crippen molar-refractivity contribution in [3.63, 3.8) is 0 Å². The number of pyridine rings is 1. The predicted molar refractivity (Wildman–Crippen MR) is 109 cm³/mol. The van der Waals surface area contributed by atoms with Gasteiger partial charge in [-0.05, 0) is 56.2 Å². The first kappa shape index (κ1) is 16.0. The molecule has 0 spiro atoms. The van der Waals surface area contributed by atoms with E-state index in [-0.39, 0.29) is 0 Å². The average molecular weight is 394 g/mol. The molecule has 0 aromatic carbocycles. The van der Waals surface area contributed by atoms with Gasteiger partial charge in [0.2, 0.25) is 0 Å². The number of rotatable bonds is 4. The lowest BCUT2D eigenvalue weighted by molar-refractivity contribution is 0.700. The molecular formula is C20H19N5S2. The molecule has 6 rings (SSSR count). The van der Waals surface area contributed by atoms with E-state index >= 15 is 0 Å². The Morgan fingerprint density at radius 2 is 2.07 bits per heavy atom. The normalized spacial score (nSPS) is 16.9. The van der Waals surface area contributed by atoms with E-state index in [0.717, 1.165) is 34.5 Å². The summed E-state index contributed by atoms with van der Waals surface area (Å²) in [6.45, 7) is 0. The molecule has 5 nitrogen and oxygen atoms in total. The van der Waals surface area contributed by atoms with Gasteiger partial charge in [0, 0.05) is 22.7 Å². The van der Waals surface area contributed by atoms with Crippen LogP contribution >= 0.6 is 23.1 Å². The van der Waals surface area contributed by atoms with Crippen molar-refractivity contribution < 1.29 is 0 Å². The smallest absolute Gasteiger partial charge is 0.197 e. The Balaban J connectivity index is 1.51. The first-order valence-corrected chi connectivity index (χ1v) is 11.4. The predicted octanol–water partition coefficient (Wildman–Crippen LogP) is 4.78. The quantitative estimate of drug-likeness (QED) is 0.467. The Labute approximate surface area is 165 Å². The van der Waals surface area contributed by atoms with Crippen molar-refractivity contribution in [1.29, 1.82) is 0 Å². The fraction of sp³-hybridized carbons (Fsp3) is 0.400. The van der Waals surface area contributed by atoms with E-state index in [2.05, 4.69) is 25.6 Å². The second-order valence-corrected chi connectivity index (χ2v) is 9.41. The lowest BCUT2D eigenvalue weighted by atomic mass is 9.97. The lowest BCUT2D eigenvalue weighted by Crippen LogP contribution is -2.03. The average Bonchev–Trinajstić information content (AvgIpc) is 3.36. The number of aromatic nitrogens is 5. The molecule has 0 saturated heterocycles. The zero-order valence-corrected chi connectivity index (χ0v) is 16.5. The molecule has 0 aliphatic heterocycles. The highest BCUT2D eigenvalue weighted by Crippen LogP contribution is 2.44. The molecule has 1 saturated carbocycles. The summed E-state index contributed by atoms with van der Waals surface area (Å²) in [7, 11) is 0. The van der Waals surface area contributed by atoms with E-state index in [0.29, 0.717) is 5.92 Å². The Morgan fingerprint density at radius 1 is 1.15 bits per heavy atom. The fourth-order valence-electron chi connectivity index (χ4n) is 3.98. The zero-order chi connectivity index (χ0) is 17.8. The van der Waals surface area contributed by atoms with Crippen molar-refractivity contribution in [1.82, 2.24) is 24.6 Å². The molecule has 4 heterocycles. The molecule has 27 heavy (non-hydrogen) atoms. The third kappa shape index (κ3) is 2.67. The van der Waals surface area contributed by atoms with Crippen LogP contribution < -0.4 is 0 Å². The second kappa shape index (κ2) is 6.27.